The quantitative estimate of drug-likeness (QED) is 0.0203. The Morgan fingerprint density at radius 2 is 1.51 bits per heavy atom. The number of hydrogen-bond acceptors (Lipinski definition) is 12. The second kappa shape index (κ2) is 20.3. The molecule has 1 atom stereocenters. The molecule has 0 aromatic heterocycles. The van der Waals surface area contributed by atoms with Gasteiger partial charge in [0.25, 0.3) is 30.4 Å². The van der Waals surface area contributed by atoms with E-state index in [1.165, 1.54) is 5.56 Å². The molecule has 2 heterocycles. The molecule has 1 unspecified atom stereocenters. The van der Waals surface area contributed by atoms with Crippen LogP contribution in [0.1, 0.15) is 103 Å². The Balaban J connectivity index is 1.74. The van der Waals surface area contributed by atoms with Gasteiger partial charge < -0.3 is 9.80 Å². The van der Waals surface area contributed by atoms with Gasteiger partial charge in [-0.3, -0.25) is 13.7 Å². The van der Waals surface area contributed by atoms with Gasteiger partial charge in [-0.2, -0.15) is 29.8 Å². The summed E-state index contributed by atoms with van der Waals surface area (Å²) in [7, 11) is -12.5. The lowest BCUT2D eigenvalue weighted by Gasteiger charge is -2.27. The van der Waals surface area contributed by atoms with Crippen LogP contribution >= 0.6 is 12.0 Å². The Morgan fingerprint density at radius 1 is 0.847 bits per heavy atom. The van der Waals surface area contributed by atoms with Crippen LogP contribution in [0.2, 0.25) is 0 Å². The van der Waals surface area contributed by atoms with E-state index in [4.69, 9.17) is 5.26 Å². The number of rotatable bonds is 24. The highest BCUT2D eigenvalue weighted by molar-refractivity contribution is 7.94. The molecule has 0 bridgehead atoms. The van der Waals surface area contributed by atoms with Crippen LogP contribution in [0.25, 0.3) is 0 Å². The molecule has 0 amide bonds. The normalized spacial score (nSPS) is 17.6. The molecule has 0 saturated carbocycles. The second-order valence-corrected chi connectivity index (χ2v) is 21.5. The topological polar surface area (TPSA) is 211 Å². The van der Waals surface area contributed by atoms with E-state index < -0.39 is 46.9 Å². The fraction of sp³-hybridized carbons (Fsp3) is 0.575. The number of benzene rings is 2. The van der Waals surface area contributed by atoms with Gasteiger partial charge in [0.15, 0.2) is 5.71 Å². The molecule has 0 radical (unpaired) electrons. The molecule has 2 aliphatic heterocycles. The van der Waals surface area contributed by atoms with Crippen LogP contribution in [0.5, 0.6) is 0 Å². The Morgan fingerprint density at radius 3 is 2.14 bits per heavy atom. The number of anilines is 2. The molecule has 0 saturated heterocycles. The third kappa shape index (κ3) is 13.1. The van der Waals surface area contributed by atoms with Crippen LogP contribution in [0, 0.1) is 0 Å². The zero-order valence-electron chi connectivity index (χ0n) is 34.7. The predicted octanol–water partition coefficient (Wildman–Crippen LogP) is 7.30. The number of fused-ring (bicyclic) bond motifs is 2. The van der Waals surface area contributed by atoms with Crippen LogP contribution in [0.15, 0.2) is 60.3 Å². The molecular weight excluding hydrogens is 843 g/mol. The fourth-order valence-electron chi connectivity index (χ4n) is 8.29. The van der Waals surface area contributed by atoms with E-state index in [0.29, 0.717) is 31.9 Å². The van der Waals surface area contributed by atoms with E-state index in [2.05, 4.69) is 77.7 Å². The summed E-state index contributed by atoms with van der Waals surface area (Å²) >= 11 is 1.04. The molecule has 4 N–H and O–H groups in total. The summed E-state index contributed by atoms with van der Waals surface area (Å²) in [5.74, 6) is -0.233. The van der Waals surface area contributed by atoms with Crippen molar-refractivity contribution in [3.05, 3.63) is 77.0 Å². The van der Waals surface area contributed by atoms with Gasteiger partial charge in [-0.1, -0.05) is 44.0 Å². The molecule has 59 heavy (non-hydrogen) atoms. The fourth-order valence-corrected chi connectivity index (χ4v) is 10.2. The molecule has 15 nitrogen and oxygen atoms in total. The summed E-state index contributed by atoms with van der Waals surface area (Å²) in [6.45, 7) is 14.2. The molecule has 0 spiro atoms. The van der Waals surface area contributed by atoms with Crippen LogP contribution in [0.3, 0.4) is 0 Å². The number of allylic oxidation sites excluding steroid dienone is 4. The van der Waals surface area contributed by atoms with Gasteiger partial charge in [0.05, 0.1) is 22.7 Å². The highest BCUT2D eigenvalue weighted by atomic mass is 32.2. The second-order valence-electron chi connectivity index (χ2n) is 16.0. The van der Waals surface area contributed by atoms with Gasteiger partial charge in [-0.15, -0.1) is 4.33 Å². The summed E-state index contributed by atoms with van der Waals surface area (Å²) in [5.41, 5.74) is 6.69. The Bertz CT molecular complexity index is 2220. The van der Waals surface area contributed by atoms with Gasteiger partial charge in [-0.05, 0) is 94.2 Å². The molecule has 2 aliphatic rings. The average molecular weight is 903 g/mol. The number of hydrogen-bond donors (Lipinski definition) is 4. The van der Waals surface area contributed by atoms with E-state index >= 15 is 0 Å². The van der Waals surface area contributed by atoms with Gasteiger partial charge >= 0.3 is 0 Å². The minimum Gasteiger partial charge on any atom is -0.372 e. The zero-order chi connectivity index (χ0) is 43.8. The van der Waals surface area contributed by atoms with Crippen molar-refractivity contribution in [1.29, 1.82) is 0 Å². The molecule has 19 heteroatoms. The molecule has 0 aliphatic carbocycles. The van der Waals surface area contributed by atoms with E-state index in [0.717, 1.165) is 70.9 Å². The molecule has 4 rings (SSSR count). The van der Waals surface area contributed by atoms with E-state index in [1.54, 1.807) is 0 Å². The van der Waals surface area contributed by atoms with Crippen molar-refractivity contribution in [2.75, 3.05) is 59.0 Å². The third-order valence-corrected chi connectivity index (χ3v) is 14.3. The SMILES string of the molecule is CCC(CCCSOOO)c1ccc2c(c1)C(C)(C)/C(=C\C=CC1=[N+](CCCS(=O)(=O)O)c3ccc(N(CC)CCCS(=O)(=O)O)cc3C1(C)C)N2CCCS(=O)(=O)O. The Labute approximate surface area is 354 Å². The highest BCUT2D eigenvalue weighted by Crippen LogP contribution is 2.49. The van der Waals surface area contributed by atoms with E-state index in [9.17, 15) is 38.9 Å². The minimum absolute atomic E-state index is 0.167. The molecular formula is C40H60N3O12S4+. The molecule has 330 valence electrons. The summed E-state index contributed by atoms with van der Waals surface area (Å²) < 4.78 is 105. The van der Waals surface area contributed by atoms with E-state index in [1.807, 2.05) is 42.2 Å². The van der Waals surface area contributed by atoms with Crippen molar-refractivity contribution in [3.63, 3.8) is 0 Å². The van der Waals surface area contributed by atoms with Crippen molar-refractivity contribution >= 4 is 65.2 Å². The summed E-state index contributed by atoms with van der Waals surface area (Å²) in [6, 6.07) is 12.4. The lowest BCUT2D eigenvalue weighted by Crippen LogP contribution is -2.29. The standard InChI is InChI=1S/C40H59N3O12S4/c1-7-30(14-10-24-56-55-54-44)31-17-19-35-33(28-31)39(3,4)37(42(35)22-12-26-58(48,49)50)15-9-16-38-40(5,6)34-29-32(41(8-2)21-11-25-57(45,46)47)18-20-36(34)43(38)23-13-27-59(51,52)53/h9,15-20,28-30H,7-8,10-14,21-27H2,1-6H3,(H3-,44,45,46,47,48,49,50,51,52,53)/p+1. The average Bonchev–Trinajstić information content (AvgIpc) is 3.47. The maximum absolute atomic E-state index is 11.7. The summed E-state index contributed by atoms with van der Waals surface area (Å²) in [5, 5.41) is 12.1. The zero-order valence-corrected chi connectivity index (χ0v) is 38.0. The first-order valence-corrected chi connectivity index (χ1v) is 25.6. The predicted molar refractivity (Wildman–Crippen MR) is 234 cm³/mol. The van der Waals surface area contributed by atoms with Gasteiger partial charge in [-0.25, -0.2) is 5.26 Å². The van der Waals surface area contributed by atoms with Crippen LogP contribution in [-0.4, -0.2) is 104 Å². The first-order chi connectivity index (χ1) is 27.5. The van der Waals surface area contributed by atoms with Crippen molar-refractivity contribution < 1.29 is 58.1 Å². The van der Waals surface area contributed by atoms with Crippen molar-refractivity contribution in [2.45, 2.75) is 96.8 Å². The largest absolute Gasteiger partial charge is 0.372 e. The summed E-state index contributed by atoms with van der Waals surface area (Å²) in [6.07, 6.45) is 9.23. The van der Waals surface area contributed by atoms with Crippen LogP contribution in [0.4, 0.5) is 17.1 Å². The lowest BCUT2D eigenvalue weighted by atomic mass is 9.80. The maximum Gasteiger partial charge on any atom is 0.265 e. The highest BCUT2D eigenvalue weighted by Gasteiger charge is 2.45. The first kappa shape index (κ1) is 48.8. The van der Waals surface area contributed by atoms with Crippen LogP contribution < -0.4 is 9.80 Å². The van der Waals surface area contributed by atoms with E-state index in [-0.39, 0.29) is 36.7 Å². The number of nitrogens with zero attached hydrogens (tertiary/aromatic N) is 3. The minimum atomic E-state index is -4.20. The van der Waals surface area contributed by atoms with Crippen molar-refractivity contribution in [1.82, 2.24) is 0 Å². The maximum atomic E-state index is 11.7. The van der Waals surface area contributed by atoms with Crippen LogP contribution in [-0.2, 0) is 50.6 Å². The molecule has 0 fully saturated rings. The van der Waals surface area contributed by atoms with Crippen molar-refractivity contribution in [3.8, 4) is 0 Å². The molecule has 2 aromatic carbocycles. The summed E-state index contributed by atoms with van der Waals surface area (Å²) in [4.78, 5) is 4.14. The Hall–Kier alpha value is -2.85. The van der Waals surface area contributed by atoms with Gasteiger partial charge in [0, 0.05) is 84.0 Å². The van der Waals surface area contributed by atoms with Crippen molar-refractivity contribution in [2.24, 2.45) is 0 Å². The first-order valence-electron chi connectivity index (χ1n) is 19.8. The van der Waals surface area contributed by atoms with Gasteiger partial charge in [0.2, 0.25) is 5.69 Å². The monoisotopic (exact) mass is 902 g/mol. The third-order valence-electron chi connectivity index (χ3n) is 11.3. The lowest BCUT2D eigenvalue weighted by molar-refractivity contribution is -0.437. The smallest absolute Gasteiger partial charge is 0.265 e. The van der Waals surface area contributed by atoms with Gasteiger partial charge in [0.1, 0.15) is 6.54 Å². The Kier molecular flexibility index (Phi) is 16.8. The molecule has 2 aromatic rings.